The third-order valence-electron chi connectivity index (χ3n) is 5.88. The zero-order valence-corrected chi connectivity index (χ0v) is 19.1. The Morgan fingerprint density at radius 3 is 2.61 bits per heavy atom. The molecule has 1 aliphatic carbocycles. The fraction of sp³-hybridized carbons (Fsp3) is 0.542. The Bertz CT molecular complexity index is 903. The Kier molecular flexibility index (Phi) is 6.72. The number of nitrogens with one attached hydrogen (secondary N) is 1. The highest BCUT2D eigenvalue weighted by molar-refractivity contribution is 5.86. The van der Waals surface area contributed by atoms with E-state index in [1.54, 1.807) is 6.33 Å². The van der Waals surface area contributed by atoms with Gasteiger partial charge < -0.3 is 19.4 Å². The average molecular weight is 428 g/mol. The molecular formula is C24H33N3O4. The fourth-order valence-electron chi connectivity index (χ4n) is 4.10. The first-order chi connectivity index (χ1) is 14.7. The lowest BCUT2D eigenvalue weighted by atomic mass is 9.92. The Balaban J connectivity index is 1.69. The molecule has 7 heteroatoms. The highest BCUT2D eigenvalue weighted by atomic mass is 16.6. The molecule has 3 rings (SSSR count). The van der Waals surface area contributed by atoms with Crippen molar-refractivity contribution in [3.8, 4) is 5.69 Å². The largest absolute Gasteiger partial charge is 0.468 e. The standard InChI is InChI=1S/C24H33N3O4/c1-6-17(14-25-22(29)31-23(2,3)4)12-18-13-24(18,21(28)30-5)20-15-27(16-26-20)19-10-8-7-9-11-19/h7-11,15-18H,6,12-14H2,1-5H3,(H,25,29)/t17?,18-,24+/m0/s1. The molecule has 1 fully saturated rings. The van der Waals surface area contributed by atoms with E-state index in [9.17, 15) is 9.59 Å². The van der Waals surface area contributed by atoms with Gasteiger partial charge in [0.05, 0.1) is 19.1 Å². The van der Waals surface area contributed by atoms with E-state index < -0.39 is 17.1 Å². The molecule has 168 valence electrons. The number of ether oxygens (including phenoxy) is 2. The van der Waals surface area contributed by atoms with Crippen molar-refractivity contribution in [2.45, 2.75) is 58.0 Å². The maximum absolute atomic E-state index is 12.8. The van der Waals surface area contributed by atoms with Crippen LogP contribution in [-0.4, -0.2) is 40.9 Å². The maximum atomic E-state index is 12.8. The zero-order valence-electron chi connectivity index (χ0n) is 19.1. The summed E-state index contributed by atoms with van der Waals surface area (Å²) >= 11 is 0. The lowest BCUT2D eigenvalue weighted by Crippen LogP contribution is -2.35. The fourth-order valence-corrected chi connectivity index (χ4v) is 4.10. The van der Waals surface area contributed by atoms with Crippen LogP contribution in [0.3, 0.4) is 0 Å². The average Bonchev–Trinajstić information content (AvgIpc) is 3.23. The lowest BCUT2D eigenvalue weighted by molar-refractivity contribution is -0.144. The first kappa shape index (κ1) is 22.8. The Hall–Kier alpha value is -2.83. The number of carbonyl (C=O) groups excluding carboxylic acids is 2. The molecule has 1 unspecified atom stereocenters. The Labute approximate surface area is 184 Å². The van der Waals surface area contributed by atoms with Gasteiger partial charge in [-0.15, -0.1) is 0 Å². The summed E-state index contributed by atoms with van der Waals surface area (Å²) in [5.41, 5.74) is 0.489. The van der Waals surface area contributed by atoms with E-state index in [1.165, 1.54) is 7.11 Å². The normalized spacial score (nSPS) is 21.3. The van der Waals surface area contributed by atoms with Crippen LogP contribution in [0.1, 0.15) is 52.7 Å². The molecule has 3 atom stereocenters. The van der Waals surface area contributed by atoms with E-state index in [-0.39, 0.29) is 17.8 Å². The molecule has 0 aliphatic heterocycles. The summed E-state index contributed by atoms with van der Waals surface area (Å²) in [6.07, 6.45) is 5.65. The molecule has 1 heterocycles. The van der Waals surface area contributed by atoms with E-state index >= 15 is 0 Å². The topological polar surface area (TPSA) is 82.5 Å². The molecule has 1 amide bonds. The highest BCUT2D eigenvalue weighted by Gasteiger charge is 2.63. The zero-order chi connectivity index (χ0) is 22.6. The number of benzene rings is 1. The second-order valence-electron chi connectivity index (χ2n) is 9.26. The van der Waals surface area contributed by atoms with Gasteiger partial charge in [0.2, 0.25) is 0 Å². The van der Waals surface area contributed by atoms with Crippen molar-refractivity contribution in [2.75, 3.05) is 13.7 Å². The maximum Gasteiger partial charge on any atom is 0.407 e. The van der Waals surface area contributed by atoms with E-state index in [2.05, 4.69) is 17.2 Å². The van der Waals surface area contributed by atoms with Gasteiger partial charge in [0.15, 0.2) is 0 Å². The van der Waals surface area contributed by atoms with Crippen LogP contribution in [-0.2, 0) is 19.7 Å². The number of alkyl carbamates (subject to hydrolysis) is 1. The number of para-hydroxylation sites is 1. The van der Waals surface area contributed by atoms with Gasteiger partial charge in [-0.05, 0) is 57.6 Å². The van der Waals surface area contributed by atoms with E-state index in [0.717, 1.165) is 24.2 Å². The predicted octanol–water partition coefficient (Wildman–Crippen LogP) is 4.24. The minimum absolute atomic E-state index is 0.129. The molecular weight excluding hydrogens is 394 g/mol. The van der Waals surface area contributed by atoms with Gasteiger partial charge in [0.1, 0.15) is 11.0 Å². The smallest absolute Gasteiger partial charge is 0.407 e. The van der Waals surface area contributed by atoms with Gasteiger partial charge in [-0.2, -0.15) is 0 Å². The van der Waals surface area contributed by atoms with Gasteiger partial charge in [0, 0.05) is 18.4 Å². The molecule has 0 saturated heterocycles. The van der Waals surface area contributed by atoms with Gasteiger partial charge >= 0.3 is 12.1 Å². The van der Waals surface area contributed by atoms with Crippen molar-refractivity contribution in [2.24, 2.45) is 11.8 Å². The monoisotopic (exact) mass is 427 g/mol. The van der Waals surface area contributed by atoms with Crippen molar-refractivity contribution < 1.29 is 19.1 Å². The summed E-state index contributed by atoms with van der Waals surface area (Å²) in [5, 5.41) is 2.86. The van der Waals surface area contributed by atoms with E-state index in [4.69, 9.17) is 9.47 Å². The van der Waals surface area contributed by atoms with Crippen molar-refractivity contribution in [3.05, 3.63) is 48.5 Å². The van der Waals surface area contributed by atoms with Crippen LogP contribution in [0, 0.1) is 11.8 Å². The summed E-state index contributed by atoms with van der Waals surface area (Å²) in [6, 6.07) is 9.89. The number of carbonyl (C=O) groups is 2. The number of imidazole rings is 1. The molecule has 1 aromatic carbocycles. The van der Waals surface area contributed by atoms with Crippen molar-refractivity contribution in [1.29, 1.82) is 0 Å². The number of esters is 1. The third-order valence-corrected chi connectivity index (χ3v) is 5.88. The van der Waals surface area contributed by atoms with Crippen LogP contribution in [0.2, 0.25) is 0 Å². The number of hydrogen-bond acceptors (Lipinski definition) is 5. The number of amides is 1. The predicted molar refractivity (Wildman–Crippen MR) is 118 cm³/mol. The SMILES string of the molecule is CCC(CNC(=O)OC(C)(C)C)C[C@H]1C[C@]1(C(=O)OC)c1cn(-c2ccccc2)cn1. The molecule has 0 bridgehead atoms. The van der Waals surface area contributed by atoms with Crippen LogP contribution >= 0.6 is 0 Å². The quantitative estimate of drug-likeness (QED) is 0.637. The van der Waals surface area contributed by atoms with Crippen LogP contribution in [0.25, 0.3) is 5.69 Å². The summed E-state index contributed by atoms with van der Waals surface area (Å²) in [6.45, 7) is 8.12. The number of rotatable bonds is 8. The summed E-state index contributed by atoms with van der Waals surface area (Å²) in [4.78, 5) is 29.4. The first-order valence-electron chi connectivity index (χ1n) is 10.8. The summed E-state index contributed by atoms with van der Waals surface area (Å²) in [5.74, 6) is 0.121. The van der Waals surface area contributed by atoms with Crippen LogP contribution in [0.5, 0.6) is 0 Å². The molecule has 2 aromatic rings. The third kappa shape index (κ3) is 5.27. The number of hydrogen-bond donors (Lipinski definition) is 1. The minimum atomic E-state index is -0.714. The van der Waals surface area contributed by atoms with Crippen molar-refractivity contribution in [3.63, 3.8) is 0 Å². The van der Waals surface area contributed by atoms with Crippen molar-refractivity contribution >= 4 is 12.1 Å². The Morgan fingerprint density at radius 2 is 2.00 bits per heavy atom. The number of aromatic nitrogens is 2. The lowest BCUT2D eigenvalue weighted by Gasteiger charge is -2.22. The Morgan fingerprint density at radius 1 is 1.29 bits per heavy atom. The highest BCUT2D eigenvalue weighted by Crippen LogP contribution is 2.57. The van der Waals surface area contributed by atoms with Gasteiger partial charge in [-0.25, -0.2) is 9.78 Å². The molecule has 7 nitrogen and oxygen atoms in total. The van der Waals surface area contributed by atoms with E-state index in [0.29, 0.717) is 13.0 Å². The van der Waals surface area contributed by atoms with Gasteiger partial charge in [0.25, 0.3) is 0 Å². The van der Waals surface area contributed by atoms with Gasteiger partial charge in [-0.3, -0.25) is 4.79 Å². The molecule has 1 aliphatic rings. The van der Waals surface area contributed by atoms with E-state index in [1.807, 2.05) is 61.9 Å². The van der Waals surface area contributed by atoms with Gasteiger partial charge in [-0.1, -0.05) is 31.5 Å². The second kappa shape index (κ2) is 9.12. The summed E-state index contributed by atoms with van der Waals surface area (Å²) < 4.78 is 12.4. The molecule has 1 N–H and O–H groups in total. The molecule has 0 spiro atoms. The first-order valence-corrected chi connectivity index (χ1v) is 10.8. The second-order valence-corrected chi connectivity index (χ2v) is 9.26. The minimum Gasteiger partial charge on any atom is -0.468 e. The molecule has 1 saturated carbocycles. The van der Waals surface area contributed by atoms with Crippen LogP contribution in [0.4, 0.5) is 4.79 Å². The molecule has 31 heavy (non-hydrogen) atoms. The molecule has 0 radical (unpaired) electrons. The number of nitrogens with zero attached hydrogens (tertiary/aromatic N) is 2. The molecule has 1 aromatic heterocycles. The van der Waals surface area contributed by atoms with Crippen molar-refractivity contribution in [1.82, 2.24) is 14.9 Å². The number of methoxy groups -OCH3 is 1. The van der Waals surface area contributed by atoms with Crippen LogP contribution in [0.15, 0.2) is 42.9 Å². The van der Waals surface area contributed by atoms with Crippen LogP contribution < -0.4 is 5.32 Å². The summed E-state index contributed by atoms with van der Waals surface area (Å²) in [7, 11) is 1.43.